The average molecular weight is 484 g/mol. The molecule has 188 valence electrons. The molecule has 0 heterocycles. The summed E-state index contributed by atoms with van der Waals surface area (Å²) in [5.74, 6) is 0.538. The summed E-state index contributed by atoms with van der Waals surface area (Å²) in [5.41, 5.74) is 5.28. The molecule has 34 heavy (non-hydrogen) atoms. The van der Waals surface area contributed by atoms with Crippen LogP contribution in [0.25, 0.3) is 0 Å². The predicted molar refractivity (Wildman–Crippen MR) is 153 cm³/mol. The van der Waals surface area contributed by atoms with Gasteiger partial charge in [-0.25, -0.2) is 0 Å². The molecule has 1 unspecified atom stereocenters. The van der Waals surface area contributed by atoms with E-state index in [9.17, 15) is 4.79 Å². The van der Waals surface area contributed by atoms with E-state index in [1.54, 1.807) is 0 Å². The summed E-state index contributed by atoms with van der Waals surface area (Å²) in [6.45, 7) is 25.4. The largest absolute Gasteiger partial charge is 0.298 e. The fourth-order valence-electron chi connectivity index (χ4n) is 3.75. The van der Waals surface area contributed by atoms with Crippen LogP contribution in [0.2, 0.25) is 5.02 Å². The molecule has 2 rings (SSSR count). The van der Waals surface area contributed by atoms with Crippen LogP contribution in [0.1, 0.15) is 108 Å². The maximum absolute atomic E-state index is 10.3. The molecular weight excluding hydrogens is 438 g/mol. The molecule has 0 saturated heterocycles. The summed E-state index contributed by atoms with van der Waals surface area (Å²) in [5, 5.41) is 0.744. The second-order valence-electron chi connectivity index (χ2n) is 10.2. The predicted octanol–water partition coefficient (Wildman–Crippen LogP) is 9.88. The van der Waals surface area contributed by atoms with Gasteiger partial charge in [-0.2, -0.15) is 0 Å². The maximum Gasteiger partial charge on any atom is 0.150 e. The van der Waals surface area contributed by atoms with Crippen LogP contribution in [0.4, 0.5) is 0 Å². The third-order valence-corrected chi connectivity index (χ3v) is 5.55. The monoisotopic (exact) mass is 483 g/mol. The highest BCUT2D eigenvalue weighted by molar-refractivity contribution is 6.31. The van der Waals surface area contributed by atoms with Crippen molar-refractivity contribution in [1.29, 1.82) is 0 Å². The molecule has 3 heteroatoms. The Morgan fingerprint density at radius 3 is 2.00 bits per heavy atom. The van der Waals surface area contributed by atoms with Crippen molar-refractivity contribution in [3.05, 3.63) is 82.4 Å². The van der Waals surface area contributed by atoms with Crippen molar-refractivity contribution in [1.82, 2.24) is 0 Å². The van der Waals surface area contributed by atoms with Gasteiger partial charge in [-0.05, 0) is 73.4 Å². The van der Waals surface area contributed by atoms with Crippen LogP contribution in [0, 0.1) is 12.3 Å². The molecule has 0 aliphatic heterocycles. The molecule has 0 aliphatic carbocycles. The van der Waals surface area contributed by atoms with Gasteiger partial charge in [-0.3, -0.25) is 9.79 Å². The highest BCUT2D eigenvalue weighted by atomic mass is 35.5. The van der Waals surface area contributed by atoms with Crippen LogP contribution < -0.4 is 0 Å². The van der Waals surface area contributed by atoms with Gasteiger partial charge in [0.15, 0.2) is 0 Å². The van der Waals surface area contributed by atoms with Gasteiger partial charge in [-0.1, -0.05) is 97.8 Å². The summed E-state index contributed by atoms with van der Waals surface area (Å²) in [6.07, 6.45) is 4.74. The molecule has 2 nitrogen and oxygen atoms in total. The van der Waals surface area contributed by atoms with E-state index in [0.29, 0.717) is 5.92 Å². The van der Waals surface area contributed by atoms with Crippen LogP contribution >= 0.6 is 11.6 Å². The summed E-state index contributed by atoms with van der Waals surface area (Å²) in [4.78, 5) is 15.3. The first-order chi connectivity index (χ1) is 15.8. The molecule has 0 spiro atoms. The molecule has 0 amide bonds. The van der Waals surface area contributed by atoms with Gasteiger partial charge in [0.1, 0.15) is 6.29 Å². The van der Waals surface area contributed by atoms with Crippen LogP contribution in [0.5, 0.6) is 0 Å². The number of hydrogen-bond donors (Lipinski definition) is 0. The molecule has 0 aromatic heterocycles. The third kappa shape index (κ3) is 11.8. The van der Waals surface area contributed by atoms with E-state index < -0.39 is 0 Å². The quantitative estimate of drug-likeness (QED) is 0.284. The van der Waals surface area contributed by atoms with Gasteiger partial charge in [0.2, 0.25) is 0 Å². The summed E-state index contributed by atoms with van der Waals surface area (Å²) >= 11 is 6.17. The molecule has 0 fully saturated rings. The fourth-order valence-corrected chi connectivity index (χ4v) is 4.04. The van der Waals surface area contributed by atoms with Crippen molar-refractivity contribution in [2.24, 2.45) is 10.4 Å². The van der Waals surface area contributed by atoms with E-state index in [1.807, 2.05) is 63.2 Å². The van der Waals surface area contributed by atoms with E-state index >= 15 is 0 Å². The fraction of sp³-hybridized carbons (Fsp3) is 0.484. The Labute approximate surface area is 214 Å². The van der Waals surface area contributed by atoms with Gasteiger partial charge in [0, 0.05) is 16.1 Å². The van der Waals surface area contributed by atoms with Crippen LogP contribution in [0.15, 0.2) is 60.1 Å². The number of halogens is 1. The number of hydrogen-bond acceptors (Lipinski definition) is 2. The normalized spacial score (nSPS) is 13.1. The lowest BCUT2D eigenvalue weighted by Crippen LogP contribution is -2.29. The van der Waals surface area contributed by atoms with E-state index in [-0.39, 0.29) is 11.0 Å². The summed E-state index contributed by atoms with van der Waals surface area (Å²) in [6, 6.07) is 13.7. The molecule has 0 aliphatic rings. The van der Waals surface area contributed by atoms with Crippen molar-refractivity contribution in [3.63, 3.8) is 0 Å². The number of benzene rings is 2. The standard InChI is InChI=1S/C19H28ClN.C10H12O.C2H6/c1-8-17(15-10-14(3)11-16(20)12-15)21-19(7,9-2)13-18(4,5)6;1-8(2)10-5-3-9(7-11)4-6-10;1-2/h8,10-12H,1,9,13H2,2-7H3;3-8H,1-2H3;1-2H3. The number of aliphatic imine (C=N–C) groups is 1. The SMILES string of the molecule is C=CC(=NC(C)(CC)CC(C)(C)C)c1cc(C)cc(Cl)c1.CC.CC(C)c1ccc(C=O)cc1. The molecule has 0 saturated carbocycles. The number of nitrogens with zero attached hydrogens (tertiary/aromatic N) is 1. The Hall–Kier alpha value is -2.19. The lowest BCUT2D eigenvalue weighted by molar-refractivity contribution is 0.112. The molecular formula is C31H46ClNO. The van der Waals surface area contributed by atoms with Gasteiger partial charge in [-0.15, -0.1) is 0 Å². The van der Waals surface area contributed by atoms with Gasteiger partial charge in [0.05, 0.1) is 11.3 Å². The topological polar surface area (TPSA) is 29.4 Å². The van der Waals surface area contributed by atoms with E-state index in [4.69, 9.17) is 16.6 Å². The minimum absolute atomic E-state index is 0.0853. The van der Waals surface area contributed by atoms with Crippen LogP contribution in [0.3, 0.4) is 0 Å². The number of aryl methyl sites for hydroxylation is 1. The van der Waals surface area contributed by atoms with E-state index in [1.165, 1.54) is 5.56 Å². The first-order valence-corrected chi connectivity index (χ1v) is 12.8. The van der Waals surface area contributed by atoms with E-state index in [0.717, 1.165) is 46.6 Å². The second kappa shape index (κ2) is 14.9. The molecule has 0 bridgehead atoms. The molecule has 2 aromatic carbocycles. The van der Waals surface area contributed by atoms with Gasteiger partial charge in [0.25, 0.3) is 0 Å². The summed E-state index contributed by atoms with van der Waals surface area (Å²) in [7, 11) is 0. The van der Waals surface area contributed by atoms with Gasteiger partial charge < -0.3 is 0 Å². The zero-order chi connectivity index (χ0) is 26.5. The Balaban J connectivity index is 0.000000701. The average Bonchev–Trinajstić information content (AvgIpc) is 2.77. The second-order valence-corrected chi connectivity index (χ2v) is 10.7. The molecule has 0 N–H and O–H groups in total. The Morgan fingerprint density at radius 1 is 1.06 bits per heavy atom. The Kier molecular flexibility index (Phi) is 14.0. The molecule has 2 aromatic rings. The zero-order valence-corrected chi connectivity index (χ0v) is 23.9. The van der Waals surface area contributed by atoms with Crippen LogP contribution in [-0.2, 0) is 0 Å². The van der Waals surface area contributed by atoms with Crippen LogP contribution in [-0.4, -0.2) is 17.5 Å². The third-order valence-electron chi connectivity index (χ3n) is 5.33. The lowest BCUT2D eigenvalue weighted by Gasteiger charge is -2.32. The number of allylic oxidation sites excluding steroid dienone is 1. The number of rotatable bonds is 7. The molecule has 1 atom stereocenters. The zero-order valence-electron chi connectivity index (χ0n) is 23.1. The Bertz CT molecular complexity index is 899. The smallest absolute Gasteiger partial charge is 0.150 e. The van der Waals surface area contributed by atoms with E-state index in [2.05, 4.69) is 61.1 Å². The van der Waals surface area contributed by atoms with Crippen molar-refractivity contribution < 1.29 is 4.79 Å². The first-order valence-electron chi connectivity index (χ1n) is 12.4. The van der Waals surface area contributed by atoms with Crippen molar-refractivity contribution >= 4 is 23.6 Å². The minimum atomic E-state index is -0.0853. The number of carbonyl (C=O) groups is 1. The first kappa shape index (κ1) is 31.8. The Morgan fingerprint density at radius 2 is 1.62 bits per heavy atom. The number of carbonyl (C=O) groups excluding carboxylic acids is 1. The van der Waals surface area contributed by atoms with Crippen molar-refractivity contribution in [2.45, 2.75) is 93.5 Å². The summed E-state index contributed by atoms with van der Waals surface area (Å²) < 4.78 is 0. The maximum atomic E-state index is 10.3. The highest BCUT2D eigenvalue weighted by Crippen LogP contribution is 2.33. The lowest BCUT2D eigenvalue weighted by atomic mass is 9.79. The highest BCUT2D eigenvalue weighted by Gasteiger charge is 2.28. The molecule has 0 radical (unpaired) electrons. The minimum Gasteiger partial charge on any atom is -0.298 e. The number of aldehydes is 1. The van der Waals surface area contributed by atoms with Crippen molar-refractivity contribution in [2.75, 3.05) is 0 Å². The van der Waals surface area contributed by atoms with Gasteiger partial charge >= 0.3 is 0 Å². The van der Waals surface area contributed by atoms with Crippen molar-refractivity contribution in [3.8, 4) is 0 Å².